The molecule has 0 aliphatic heterocycles. The lowest BCUT2D eigenvalue weighted by atomic mass is 9.93. The first-order valence-electron chi connectivity index (χ1n) is 7.01. The first-order chi connectivity index (χ1) is 9.61. The number of thiazole rings is 1. The van der Waals surface area contributed by atoms with Gasteiger partial charge in [0.1, 0.15) is 0 Å². The van der Waals surface area contributed by atoms with E-state index in [1.165, 1.54) is 0 Å². The summed E-state index contributed by atoms with van der Waals surface area (Å²) in [6.07, 6.45) is 5.48. The molecule has 0 radical (unpaired) electrons. The number of amides is 1. The van der Waals surface area contributed by atoms with Crippen LogP contribution in [0, 0.1) is 6.92 Å². The second-order valence-corrected chi connectivity index (χ2v) is 6.35. The van der Waals surface area contributed by atoms with Crippen molar-refractivity contribution in [1.29, 1.82) is 0 Å². The molecule has 0 atom stereocenters. The van der Waals surface area contributed by atoms with Crippen molar-refractivity contribution in [2.24, 2.45) is 0 Å². The molecule has 6 heteroatoms. The van der Waals surface area contributed by atoms with E-state index in [9.17, 15) is 9.90 Å². The summed E-state index contributed by atoms with van der Waals surface area (Å²) in [5.41, 5.74) is 1.96. The standard InChI is InChI=1S/C14H19N3O2S/c1-9-7-17-11(8-20-14(17)15-9)6-13(19)16-10-2-4-12(18)5-3-10/h7-8,10,12,18H,2-6H2,1H3,(H,16,19). The number of hydrogen-bond donors (Lipinski definition) is 2. The third-order valence-corrected chi connectivity index (χ3v) is 4.70. The van der Waals surface area contributed by atoms with Crippen molar-refractivity contribution in [1.82, 2.24) is 14.7 Å². The van der Waals surface area contributed by atoms with Crippen molar-refractivity contribution >= 4 is 22.2 Å². The zero-order chi connectivity index (χ0) is 14.1. The molecule has 2 aromatic heterocycles. The fourth-order valence-electron chi connectivity index (χ4n) is 2.73. The summed E-state index contributed by atoms with van der Waals surface area (Å²) in [6.45, 7) is 1.96. The van der Waals surface area contributed by atoms with E-state index < -0.39 is 0 Å². The van der Waals surface area contributed by atoms with Crippen molar-refractivity contribution in [2.45, 2.75) is 51.2 Å². The average molecular weight is 293 g/mol. The summed E-state index contributed by atoms with van der Waals surface area (Å²) in [4.78, 5) is 17.4. The van der Waals surface area contributed by atoms with Crippen LogP contribution in [-0.4, -0.2) is 32.5 Å². The number of nitrogens with one attached hydrogen (secondary N) is 1. The normalized spacial score (nSPS) is 23.1. The monoisotopic (exact) mass is 293 g/mol. The maximum absolute atomic E-state index is 12.1. The van der Waals surface area contributed by atoms with Gasteiger partial charge in [-0.1, -0.05) is 0 Å². The molecule has 0 unspecified atom stereocenters. The fraction of sp³-hybridized carbons (Fsp3) is 0.571. The highest BCUT2D eigenvalue weighted by molar-refractivity contribution is 7.15. The van der Waals surface area contributed by atoms with Gasteiger partial charge in [0.2, 0.25) is 5.91 Å². The Morgan fingerprint density at radius 1 is 1.50 bits per heavy atom. The number of aromatic nitrogens is 2. The molecule has 2 aromatic rings. The first kappa shape index (κ1) is 13.6. The Morgan fingerprint density at radius 3 is 3.00 bits per heavy atom. The topological polar surface area (TPSA) is 66.6 Å². The van der Waals surface area contributed by atoms with Crippen LogP contribution in [0.2, 0.25) is 0 Å². The number of carbonyl (C=O) groups excluding carboxylic acids is 1. The Bertz CT molecular complexity index is 611. The Hall–Kier alpha value is -1.40. The van der Waals surface area contributed by atoms with Crippen LogP contribution in [0.4, 0.5) is 0 Å². The summed E-state index contributed by atoms with van der Waals surface area (Å²) in [5.74, 6) is 0.0532. The van der Waals surface area contributed by atoms with Gasteiger partial charge in [0.25, 0.3) is 0 Å². The van der Waals surface area contributed by atoms with E-state index in [-0.39, 0.29) is 18.1 Å². The van der Waals surface area contributed by atoms with Crippen LogP contribution in [0.1, 0.15) is 37.1 Å². The molecule has 1 saturated carbocycles. The lowest BCUT2D eigenvalue weighted by Gasteiger charge is -2.26. The van der Waals surface area contributed by atoms with E-state index in [0.29, 0.717) is 6.42 Å². The molecule has 1 aliphatic rings. The van der Waals surface area contributed by atoms with Crippen LogP contribution in [-0.2, 0) is 11.2 Å². The maximum Gasteiger partial charge on any atom is 0.226 e. The smallest absolute Gasteiger partial charge is 0.226 e. The van der Waals surface area contributed by atoms with E-state index in [4.69, 9.17) is 0 Å². The number of fused-ring (bicyclic) bond motifs is 1. The lowest BCUT2D eigenvalue weighted by molar-refractivity contribution is -0.121. The van der Waals surface area contributed by atoms with Crippen LogP contribution < -0.4 is 5.32 Å². The van der Waals surface area contributed by atoms with Crippen LogP contribution in [0.3, 0.4) is 0 Å². The van der Waals surface area contributed by atoms with Crippen LogP contribution >= 0.6 is 11.3 Å². The van der Waals surface area contributed by atoms with Gasteiger partial charge in [-0.15, -0.1) is 11.3 Å². The van der Waals surface area contributed by atoms with Crippen molar-refractivity contribution in [3.63, 3.8) is 0 Å². The van der Waals surface area contributed by atoms with Gasteiger partial charge >= 0.3 is 0 Å². The Morgan fingerprint density at radius 2 is 2.25 bits per heavy atom. The minimum atomic E-state index is -0.187. The average Bonchev–Trinajstić information content (AvgIpc) is 2.93. The van der Waals surface area contributed by atoms with Crippen LogP contribution in [0.15, 0.2) is 11.6 Å². The van der Waals surface area contributed by atoms with Gasteiger partial charge < -0.3 is 10.4 Å². The zero-order valence-electron chi connectivity index (χ0n) is 11.5. The predicted octanol–water partition coefficient (Wildman–Crippen LogP) is 1.67. The number of nitrogens with zero attached hydrogens (tertiary/aromatic N) is 2. The number of imidazole rings is 1. The van der Waals surface area contributed by atoms with Crippen molar-refractivity contribution in [3.05, 3.63) is 23.0 Å². The molecule has 1 aliphatic carbocycles. The minimum absolute atomic E-state index is 0.0532. The predicted molar refractivity (Wildman–Crippen MR) is 77.9 cm³/mol. The Kier molecular flexibility index (Phi) is 3.76. The van der Waals surface area contributed by atoms with E-state index in [1.54, 1.807) is 11.3 Å². The van der Waals surface area contributed by atoms with Crippen LogP contribution in [0.25, 0.3) is 4.96 Å². The molecule has 108 valence electrons. The van der Waals surface area contributed by atoms with Crippen molar-refractivity contribution < 1.29 is 9.90 Å². The van der Waals surface area contributed by atoms with Crippen molar-refractivity contribution in [3.8, 4) is 0 Å². The molecular formula is C14H19N3O2S. The van der Waals surface area contributed by atoms with Gasteiger partial charge in [-0.3, -0.25) is 9.20 Å². The van der Waals surface area contributed by atoms with Gasteiger partial charge in [-0.2, -0.15) is 0 Å². The highest BCUT2D eigenvalue weighted by Gasteiger charge is 2.21. The van der Waals surface area contributed by atoms with Gasteiger partial charge in [-0.25, -0.2) is 4.98 Å². The summed E-state index contributed by atoms with van der Waals surface area (Å²) < 4.78 is 1.99. The maximum atomic E-state index is 12.1. The molecule has 0 saturated heterocycles. The third kappa shape index (κ3) is 2.86. The molecule has 1 amide bonds. The number of aliphatic hydroxyl groups excluding tert-OH is 1. The number of carbonyl (C=O) groups is 1. The Balaban J connectivity index is 1.61. The van der Waals surface area contributed by atoms with E-state index in [2.05, 4.69) is 10.3 Å². The Labute approximate surface area is 121 Å². The molecule has 3 rings (SSSR count). The number of rotatable bonds is 3. The van der Waals surface area contributed by atoms with E-state index in [0.717, 1.165) is 42.0 Å². The van der Waals surface area contributed by atoms with Gasteiger partial charge in [0, 0.05) is 23.3 Å². The number of hydrogen-bond acceptors (Lipinski definition) is 4. The summed E-state index contributed by atoms with van der Waals surface area (Å²) in [7, 11) is 0. The molecule has 1 fully saturated rings. The molecular weight excluding hydrogens is 274 g/mol. The highest BCUT2D eigenvalue weighted by atomic mass is 32.1. The summed E-state index contributed by atoms with van der Waals surface area (Å²) in [6, 6.07) is 0.213. The molecule has 0 aromatic carbocycles. The molecule has 20 heavy (non-hydrogen) atoms. The first-order valence-corrected chi connectivity index (χ1v) is 7.89. The molecule has 5 nitrogen and oxygen atoms in total. The zero-order valence-corrected chi connectivity index (χ0v) is 12.3. The second-order valence-electron chi connectivity index (χ2n) is 5.51. The summed E-state index contributed by atoms with van der Waals surface area (Å²) >= 11 is 1.56. The molecule has 0 spiro atoms. The largest absolute Gasteiger partial charge is 0.393 e. The van der Waals surface area contributed by atoms with E-state index in [1.807, 2.05) is 22.9 Å². The fourth-order valence-corrected chi connectivity index (χ4v) is 3.65. The third-order valence-electron chi connectivity index (χ3n) is 3.81. The SMILES string of the molecule is Cc1cn2c(CC(=O)NC3CCC(O)CC3)csc2n1. The quantitative estimate of drug-likeness (QED) is 0.904. The van der Waals surface area contributed by atoms with Gasteiger partial charge in [0.15, 0.2) is 4.96 Å². The van der Waals surface area contributed by atoms with Crippen LogP contribution in [0.5, 0.6) is 0 Å². The van der Waals surface area contributed by atoms with Crippen molar-refractivity contribution in [2.75, 3.05) is 0 Å². The molecule has 2 N–H and O–H groups in total. The van der Waals surface area contributed by atoms with E-state index >= 15 is 0 Å². The van der Waals surface area contributed by atoms with Gasteiger partial charge in [0.05, 0.1) is 18.2 Å². The molecule has 0 bridgehead atoms. The second kappa shape index (κ2) is 5.54. The number of aliphatic hydroxyl groups is 1. The lowest BCUT2D eigenvalue weighted by Crippen LogP contribution is -2.39. The highest BCUT2D eigenvalue weighted by Crippen LogP contribution is 2.19. The summed E-state index contributed by atoms with van der Waals surface area (Å²) in [5, 5.41) is 14.5. The van der Waals surface area contributed by atoms with Gasteiger partial charge in [-0.05, 0) is 32.6 Å². The minimum Gasteiger partial charge on any atom is -0.393 e. The number of aryl methyl sites for hydroxylation is 1. The molecule has 2 heterocycles.